The molecule has 29 heavy (non-hydrogen) atoms. The van der Waals surface area contributed by atoms with Gasteiger partial charge in [0.15, 0.2) is 0 Å². The molecule has 0 bridgehead atoms. The van der Waals surface area contributed by atoms with Crippen LogP contribution in [0.4, 0.5) is 11.6 Å². The largest absolute Gasteiger partial charge is 0.368 e. The molecule has 0 spiro atoms. The van der Waals surface area contributed by atoms with Crippen molar-refractivity contribution in [3.8, 4) is 0 Å². The van der Waals surface area contributed by atoms with E-state index in [9.17, 15) is 4.79 Å². The lowest BCUT2D eigenvalue weighted by atomic mass is 10.1. The number of aryl methyl sites for hydroxylation is 1. The predicted octanol–water partition coefficient (Wildman–Crippen LogP) is 2.10. The molecule has 2 aromatic rings. The summed E-state index contributed by atoms with van der Waals surface area (Å²) >= 11 is 0. The lowest BCUT2D eigenvalue weighted by Crippen LogP contribution is -2.47. The van der Waals surface area contributed by atoms with E-state index in [-0.39, 0.29) is 5.91 Å². The number of carbonyl (C=O) groups is 1. The number of hydrogen-bond donors (Lipinski definition) is 1. The molecule has 1 aromatic carbocycles. The third-order valence-electron chi connectivity index (χ3n) is 5.42. The van der Waals surface area contributed by atoms with Crippen molar-refractivity contribution in [3.05, 3.63) is 47.3 Å². The molecular formula is C22H32N6O. The minimum absolute atomic E-state index is 0.138. The fourth-order valence-corrected chi connectivity index (χ4v) is 3.54. The third kappa shape index (κ3) is 5.44. The molecule has 0 aliphatic carbocycles. The highest BCUT2D eigenvalue weighted by Gasteiger charge is 2.21. The molecule has 7 heteroatoms. The summed E-state index contributed by atoms with van der Waals surface area (Å²) in [6.07, 6.45) is 2.59. The molecule has 0 atom stereocenters. The Bertz CT molecular complexity index is 830. The molecular weight excluding hydrogens is 364 g/mol. The molecule has 1 aliphatic heterocycles. The minimum atomic E-state index is -0.138. The summed E-state index contributed by atoms with van der Waals surface area (Å²) in [5.74, 6) is 0.494. The first-order chi connectivity index (χ1) is 14.0. The van der Waals surface area contributed by atoms with Crippen molar-refractivity contribution >= 4 is 17.5 Å². The van der Waals surface area contributed by atoms with E-state index in [2.05, 4.69) is 62.0 Å². The fourth-order valence-electron chi connectivity index (χ4n) is 3.54. The molecule has 1 N–H and O–H groups in total. The average molecular weight is 397 g/mol. The first kappa shape index (κ1) is 21.0. The molecule has 1 amide bonds. The van der Waals surface area contributed by atoms with Crippen molar-refractivity contribution in [1.82, 2.24) is 20.2 Å². The standard InChI is InChI=1S/C22H32N6O/c1-17-7-5-8-20(18(17)2)27-13-15-28(16-14-27)22-24-11-9-19(25-22)21(29)23-10-6-12-26(3)4/h5,7-9,11H,6,10,12-16H2,1-4H3,(H,23,29). The highest BCUT2D eigenvalue weighted by Crippen LogP contribution is 2.24. The van der Waals surface area contributed by atoms with Gasteiger partial charge in [-0.15, -0.1) is 0 Å². The topological polar surface area (TPSA) is 64.6 Å². The monoisotopic (exact) mass is 396 g/mol. The van der Waals surface area contributed by atoms with Gasteiger partial charge in [0, 0.05) is 44.6 Å². The van der Waals surface area contributed by atoms with Crippen molar-refractivity contribution in [3.63, 3.8) is 0 Å². The summed E-state index contributed by atoms with van der Waals surface area (Å²) in [7, 11) is 4.05. The second-order valence-corrected chi connectivity index (χ2v) is 7.85. The molecule has 1 aromatic heterocycles. The van der Waals surface area contributed by atoms with E-state index in [1.807, 2.05) is 14.1 Å². The van der Waals surface area contributed by atoms with E-state index in [0.717, 1.165) is 39.1 Å². The van der Waals surface area contributed by atoms with Crippen LogP contribution >= 0.6 is 0 Å². The van der Waals surface area contributed by atoms with Gasteiger partial charge in [-0.1, -0.05) is 12.1 Å². The highest BCUT2D eigenvalue weighted by molar-refractivity contribution is 5.92. The number of piperazine rings is 1. The van der Waals surface area contributed by atoms with E-state index in [0.29, 0.717) is 18.2 Å². The number of rotatable bonds is 7. The molecule has 0 radical (unpaired) electrons. The van der Waals surface area contributed by atoms with E-state index in [4.69, 9.17) is 0 Å². The Morgan fingerprint density at radius 2 is 1.83 bits per heavy atom. The zero-order valence-corrected chi connectivity index (χ0v) is 18.0. The van der Waals surface area contributed by atoms with E-state index >= 15 is 0 Å². The van der Waals surface area contributed by atoms with E-state index < -0.39 is 0 Å². The van der Waals surface area contributed by atoms with Gasteiger partial charge in [0.25, 0.3) is 5.91 Å². The van der Waals surface area contributed by atoms with Crippen LogP contribution < -0.4 is 15.1 Å². The molecule has 1 fully saturated rings. The van der Waals surface area contributed by atoms with Gasteiger partial charge in [-0.3, -0.25) is 4.79 Å². The Kier molecular flexibility index (Phi) is 7.04. The van der Waals surface area contributed by atoms with Crippen molar-refractivity contribution in [2.45, 2.75) is 20.3 Å². The highest BCUT2D eigenvalue weighted by atomic mass is 16.1. The fraction of sp³-hybridized carbons (Fsp3) is 0.500. The normalized spacial score (nSPS) is 14.4. The molecule has 0 saturated carbocycles. The van der Waals surface area contributed by atoms with Gasteiger partial charge in [0.2, 0.25) is 5.95 Å². The maximum absolute atomic E-state index is 12.4. The second-order valence-electron chi connectivity index (χ2n) is 7.85. The van der Waals surface area contributed by atoms with Crippen molar-refractivity contribution < 1.29 is 4.79 Å². The Morgan fingerprint density at radius 1 is 1.10 bits per heavy atom. The lowest BCUT2D eigenvalue weighted by Gasteiger charge is -2.37. The summed E-state index contributed by atoms with van der Waals surface area (Å²) in [5, 5.41) is 2.94. The van der Waals surface area contributed by atoms with Gasteiger partial charge >= 0.3 is 0 Å². The van der Waals surface area contributed by atoms with Crippen LogP contribution in [0, 0.1) is 13.8 Å². The van der Waals surface area contributed by atoms with E-state index in [1.165, 1.54) is 16.8 Å². The molecule has 2 heterocycles. The zero-order chi connectivity index (χ0) is 20.8. The Morgan fingerprint density at radius 3 is 2.55 bits per heavy atom. The van der Waals surface area contributed by atoms with E-state index in [1.54, 1.807) is 12.3 Å². The maximum Gasteiger partial charge on any atom is 0.270 e. The van der Waals surface area contributed by atoms with Gasteiger partial charge in [0.05, 0.1) is 0 Å². The third-order valence-corrected chi connectivity index (χ3v) is 5.42. The number of carbonyl (C=O) groups excluding carboxylic acids is 1. The molecule has 7 nitrogen and oxygen atoms in total. The van der Waals surface area contributed by atoms with Crippen molar-refractivity contribution in [2.24, 2.45) is 0 Å². The van der Waals surface area contributed by atoms with Crippen LogP contribution in [-0.2, 0) is 0 Å². The molecule has 1 aliphatic rings. The number of aromatic nitrogens is 2. The summed E-state index contributed by atoms with van der Waals surface area (Å²) in [5.41, 5.74) is 4.39. The van der Waals surface area contributed by atoms with Gasteiger partial charge in [-0.25, -0.2) is 9.97 Å². The first-order valence-corrected chi connectivity index (χ1v) is 10.3. The van der Waals surface area contributed by atoms with Crippen molar-refractivity contribution in [2.75, 3.05) is 63.2 Å². The van der Waals surface area contributed by atoms with Crippen molar-refractivity contribution in [1.29, 1.82) is 0 Å². The van der Waals surface area contributed by atoms with Gasteiger partial charge < -0.3 is 20.0 Å². The zero-order valence-electron chi connectivity index (χ0n) is 18.0. The van der Waals surface area contributed by atoms with Crippen LogP contribution in [0.25, 0.3) is 0 Å². The summed E-state index contributed by atoms with van der Waals surface area (Å²) < 4.78 is 0. The summed E-state index contributed by atoms with van der Waals surface area (Å²) in [6.45, 7) is 9.41. The summed E-state index contributed by atoms with van der Waals surface area (Å²) in [6, 6.07) is 8.14. The number of nitrogens with one attached hydrogen (secondary N) is 1. The number of nitrogens with zero attached hydrogens (tertiary/aromatic N) is 5. The number of amides is 1. The van der Waals surface area contributed by atoms with Crippen LogP contribution in [0.15, 0.2) is 30.5 Å². The molecule has 1 saturated heterocycles. The van der Waals surface area contributed by atoms with Crippen LogP contribution in [0.1, 0.15) is 28.0 Å². The van der Waals surface area contributed by atoms with Crippen LogP contribution in [0.2, 0.25) is 0 Å². The first-order valence-electron chi connectivity index (χ1n) is 10.3. The van der Waals surface area contributed by atoms with Crippen LogP contribution in [0.5, 0.6) is 0 Å². The lowest BCUT2D eigenvalue weighted by molar-refractivity contribution is 0.0947. The average Bonchev–Trinajstić information content (AvgIpc) is 2.73. The number of benzene rings is 1. The quantitative estimate of drug-likeness (QED) is 0.723. The molecule has 0 unspecified atom stereocenters. The van der Waals surface area contributed by atoms with Crippen LogP contribution in [-0.4, -0.2) is 74.1 Å². The minimum Gasteiger partial charge on any atom is -0.368 e. The van der Waals surface area contributed by atoms with Gasteiger partial charge in [0.1, 0.15) is 5.69 Å². The Hall–Kier alpha value is -2.67. The number of anilines is 2. The SMILES string of the molecule is Cc1cccc(N2CCN(c3nccc(C(=O)NCCCN(C)C)n3)CC2)c1C. The molecule has 3 rings (SSSR count). The Balaban J connectivity index is 1.58. The smallest absolute Gasteiger partial charge is 0.270 e. The van der Waals surface area contributed by atoms with Crippen LogP contribution in [0.3, 0.4) is 0 Å². The second kappa shape index (κ2) is 9.69. The van der Waals surface area contributed by atoms with Gasteiger partial charge in [-0.05, 0) is 64.2 Å². The van der Waals surface area contributed by atoms with Gasteiger partial charge in [-0.2, -0.15) is 0 Å². The predicted molar refractivity (Wildman–Crippen MR) is 118 cm³/mol. The maximum atomic E-state index is 12.4. The summed E-state index contributed by atoms with van der Waals surface area (Å²) in [4.78, 5) is 28.0. The Labute approximate surface area is 173 Å². The molecule has 156 valence electrons. The number of hydrogen-bond acceptors (Lipinski definition) is 6.